The van der Waals surface area contributed by atoms with Crippen LogP contribution in [0, 0.1) is 0 Å². The molecule has 1 aromatic carbocycles. The number of rotatable bonds is 3. The number of halogens is 4. The first kappa shape index (κ1) is 15.2. The average molecular weight is 322 g/mol. The predicted molar refractivity (Wildman–Crippen MR) is 65.5 cm³/mol. The van der Waals surface area contributed by atoms with Gasteiger partial charge in [-0.05, 0) is 12.1 Å². The molecular weight excluding hydrogens is 315 g/mol. The van der Waals surface area contributed by atoms with Crippen molar-refractivity contribution in [2.45, 2.75) is 6.18 Å². The van der Waals surface area contributed by atoms with Crippen molar-refractivity contribution in [2.24, 2.45) is 0 Å². The maximum Gasteiger partial charge on any atom is 0.420 e. The second-order valence-electron chi connectivity index (χ2n) is 3.91. The highest BCUT2D eigenvalue weighted by Crippen LogP contribution is 2.43. The molecule has 0 amide bonds. The molecule has 0 radical (unpaired) electrons. The summed E-state index contributed by atoms with van der Waals surface area (Å²) in [7, 11) is 1.05. The lowest BCUT2D eigenvalue weighted by atomic mass is 10.1. The maximum absolute atomic E-state index is 13.0. The number of hydrogen-bond donors (Lipinski definition) is 1. The highest BCUT2D eigenvalue weighted by atomic mass is 35.5. The number of methoxy groups -OCH3 is 1. The Morgan fingerprint density at radius 2 is 2.05 bits per heavy atom. The van der Waals surface area contributed by atoms with Crippen LogP contribution >= 0.6 is 11.6 Å². The van der Waals surface area contributed by atoms with Crippen LogP contribution in [0.2, 0.25) is 5.02 Å². The van der Waals surface area contributed by atoms with Gasteiger partial charge in [0, 0.05) is 11.1 Å². The molecule has 0 aliphatic heterocycles. The molecule has 0 bridgehead atoms. The normalized spacial score (nSPS) is 11.5. The van der Waals surface area contributed by atoms with Gasteiger partial charge < -0.3 is 14.4 Å². The molecule has 0 unspecified atom stereocenters. The smallest absolute Gasteiger partial charge is 0.420 e. The monoisotopic (exact) mass is 321 g/mol. The van der Waals surface area contributed by atoms with E-state index in [2.05, 4.69) is 5.16 Å². The van der Waals surface area contributed by atoms with Crippen LogP contribution < -0.4 is 4.74 Å². The van der Waals surface area contributed by atoms with Gasteiger partial charge in [-0.2, -0.15) is 13.2 Å². The van der Waals surface area contributed by atoms with Crippen molar-refractivity contribution in [2.75, 3.05) is 7.11 Å². The van der Waals surface area contributed by atoms with Gasteiger partial charge in [-0.15, -0.1) is 0 Å². The van der Waals surface area contributed by atoms with E-state index < -0.39 is 29.2 Å². The van der Waals surface area contributed by atoms with E-state index in [1.54, 1.807) is 0 Å². The van der Waals surface area contributed by atoms with Crippen molar-refractivity contribution in [3.63, 3.8) is 0 Å². The van der Waals surface area contributed by atoms with Crippen molar-refractivity contribution in [1.29, 1.82) is 0 Å². The molecule has 9 heteroatoms. The van der Waals surface area contributed by atoms with E-state index in [4.69, 9.17) is 26.0 Å². The van der Waals surface area contributed by atoms with Gasteiger partial charge in [0.25, 0.3) is 0 Å². The van der Waals surface area contributed by atoms with Crippen LogP contribution in [0.15, 0.2) is 22.7 Å². The molecule has 0 aliphatic carbocycles. The Hall–Kier alpha value is -2.22. The number of carboxylic acids is 1. The Bertz CT molecular complexity index is 696. The van der Waals surface area contributed by atoms with Gasteiger partial charge >= 0.3 is 12.1 Å². The van der Waals surface area contributed by atoms with E-state index >= 15 is 0 Å². The lowest BCUT2D eigenvalue weighted by molar-refractivity contribution is -0.138. The molecule has 0 fully saturated rings. The Morgan fingerprint density at radius 3 is 2.52 bits per heavy atom. The molecule has 0 saturated heterocycles. The van der Waals surface area contributed by atoms with Crippen LogP contribution in [0.1, 0.15) is 16.1 Å². The SMILES string of the molecule is COc1c(-c2cc(C(=O)O)no2)cc(Cl)cc1C(F)(F)F. The summed E-state index contributed by atoms with van der Waals surface area (Å²) in [5, 5.41) is 11.8. The van der Waals surface area contributed by atoms with Gasteiger partial charge in [0.15, 0.2) is 11.5 Å². The minimum absolute atomic E-state index is 0.141. The van der Waals surface area contributed by atoms with Crippen LogP contribution in [0.5, 0.6) is 5.75 Å². The van der Waals surface area contributed by atoms with Crippen LogP contribution in [-0.2, 0) is 6.18 Å². The van der Waals surface area contributed by atoms with Crippen molar-refractivity contribution in [3.05, 3.63) is 34.5 Å². The quantitative estimate of drug-likeness (QED) is 0.932. The van der Waals surface area contributed by atoms with Crippen LogP contribution in [-0.4, -0.2) is 23.3 Å². The lowest BCUT2D eigenvalue weighted by Crippen LogP contribution is -2.08. The molecule has 112 valence electrons. The number of hydrogen-bond acceptors (Lipinski definition) is 4. The van der Waals surface area contributed by atoms with Gasteiger partial charge in [-0.1, -0.05) is 16.8 Å². The predicted octanol–water partition coefficient (Wildman–Crippen LogP) is 3.72. The highest BCUT2D eigenvalue weighted by Gasteiger charge is 2.36. The maximum atomic E-state index is 13.0. The van der Waals surface area contributed by atoms with Crippen molar-refractivity contribution in [3.8, 4) is 17.1 Å². The molecule has 0 saturated carbocycles. The van der Waals surface area contributed by atoms with E-state index in [9.17, 15) is 18.0 Å². The first-order valence-corrected chi connectivity index (χ1v) is 5.77. The number of aromatic carboxylic acids is 1. The molecule has 5 nitrogen and oxygen atoms in total. The van der Waals surface area contributed by atoms with E-state index in [1.807, 2.05) is 0 Å². The number of carboxylic acid groups (broad SMARTS) is 1. The van der Waals surface area contributed by atoms with Gasteiger partial charge in [0.05, 0.1) is 18.2 Å². The summed E-state index contributed by atoms with van der Waals surface area (Å²) in [6.07, 6.45) is -4.69. The first-order chi connectivity index (χ1) is 9.74. The minimum atomic E-state index is -4.69. The zero-order valence-electron chi connectivity index (χ0n) is 10.4. The molecule has 0 atom stereocenters. The topological polar surface area (TPSA) is 72.6 Å². The molecule has 2 aromatic rings. The van der Waals surface area contributed by atoms with Crippen molar-refractivity contribution >= 4 is 17.6 Å². The van der Waals surface area contributed by atoms with E-state index in [0.717, 1.165) is 13.2 Å². The van der Waals surface area contributed by atoms with Gasteiger partial charge in [-0.25, -0.2) is 4.79 Å². The standard InChI is InChI=1S/C12H7ClF3NO4/c1-20-10-6(9-4-8(11(18)19)17-21-9)2-5(13)3-7(10)12(14,15)16/h2-4H,1H3,(H,18,19). The van der Waals surface area contributed by atoms with Crippen LogP contribution in [0.3, 0.4) is 0 Å². The summed E-state index contributed by atoms with van der Waals surface area (Å²) in [4.78, 5) is 10.7. The third kappa shape index (κ3) is 2.94. The number of nitrogens with zero attached hydrogens (tertiary/aromatic N) is 1. The molecule has 21 heavy (non-hydrogen) atoms. The Labute approximate surface area is 120 Å². The summed E-state index contributed by atoms with van der Waals surface area (Å²) in [6, 6.07) is 2.86. The molecule has 1 N–H and O–H groups in total. The van der Waals surface area contributed by atoms with E-state index in [-0.39, 0.29) is 16.3 Å². The zero-order valence-corrected chi connectivity index (χ0v) is 11.1. The summed E-state index contributed by atoms with van der Waals surface area (Å²) in [5.74, 6) is -2.10. The Kier molecular flexibility index (Phi) is 3.82. The fourth-order valence-corrected chi connectivity index (χ4v) is 1.93. The average Bonchev–Trinajstić information content (AvgIpc) is 2.86. The van der Waals surface area contributed by atoms with Gasteiger partial charge in [-0.3, -0.25) is 0 Å². The fourth-order valence-electron chi connectivity index (χ4n) is 1.71. The lowest BCUT2D eigenvalue weighted by Gasteiger charge is -2.15. The summed E-state index contributed by atoms with van der Waals surface area (Å²) < 4.78 is 48.4. The largest absolute Gasteiger partial charge is 0.495 e. The van der Waals surface area contributed by atoms with E-state index in [1.165, 1.54) is 6.07 Å². The molecule has 1 heterocycles. The summed E-state index contributed by atoms with van der Waals surface area (Å²) >= 11 is 5.67. The second-order valence-corrected chi connectivity index (χ2v) is 4.35. The summed E-state index contributed by atoms with van der Waals surface area (Å²) in [6.45, 7) is 0. The highest BCUT2D eigenvalue weighted by molar-refractivity contribution is 6.31. The zero-order chi connectivity index (χ0) is 15.8. The third-order valence-electron chi connectivity index (χ3n) is 2.56. The number of benzene rings is 1. The number of carbonyl (C=O) groups is 1. The molecule has 0 aliphatic rings. The summed E-state index contributed by atoms with van der Waals surface area (Å²) in [5.41, 5.74) is -1.68. The first-order valence-electron chi connectivity index (χ1n) is 5.39. The fraction of sp³-hybridized carbons (Fsp3) is 0.167. The third-order valence-corrected chi connectivity index (χ3v) is 2.78. The van der Waals surface area contributed by atoms with Gasteiger partial charge in [0.2, 0.25) is 0 Å². The molecule has 0 spiro atoms. The Morgan fingerprint density at radius 1 is 1.38 bits per heavy atom. The van der Waals surface area contributed by atoms with Crippen molar-refractivity contribution in [1.82, 2.24) is 5.16 Å². The van der Waals surface area contributed by atoms with Crippen LogP contribution in [0.25, 0.3) is 11.3 Å². The second kappa shape index (κ2) is 5.28. The Balaban J connectivity index is 2.67. The molecule has 1 aromatic heterocycles. The number of ether oxygens (including phenoxy) is 1. The minimum Gasteiger partial charge on any atom is -0.495 e. The number of aromatic nitrogens is 1. The van der Waals surface area contributed by atoms with Crippen LogP contribution in [0.4, 0.5) is 13.2 Å². The van der Waals surface area contributed by atoms with E-state index in [0.29, 0.717) is 6.07 Å². The molecule has 2 rings (SSSR count). The van der Waals surface area contributed by atoms with Crippen molar-refractivity contribution < 1.29 is 32.3 Å². The molecular formula is C12H7ClF3NO4. The van der Waals surface area contributed by atoms with Gasteiger partial charge in [0.1, 0.15) is 5.75 Å². The number of alkyl halides is 3.